The van der Waals surface area contributed by atoms with Gasteiger partial charge in [-0.1, -0.05) is 52.6 Å². The van der Waals surface area contributed by atoms with E-state index in [2.05, 4.69) is 32.0 Å². The van der Waals surface area contributed by atoms with Gasteiger partial charge < -0.3 is 9.84 Å². The van der Waals surface area contributed by atoms with Crippen molar-refractivity contribution in [3.63, 3.8) is 0 Å². The minimum atomic E-state index is -0.257. The molecule has 0 spiro atoms. The van der Waals surface area contributed by atoms with Crippen LogP contribution in [0, 0.1) is 11.3 Å². The Balaban J connectivity index is 0.00000312. The van der Waals surface area contributed by atoms with Crippen molar-refractivity contribution < 1.29 is 39.4 Å². The van der Waals surface area contributed by atoms with E-state index in [9.17, 15) is 10.4 Å². The SMILES string of the molecule is CCc1cc(CC)c(OC(C)CO)c(Cc2ccccc2C#N)c1.[BH4-].[Na+]. The van der Waals surface area contributed by atoms with Crippen LogP contribution in [-0.2, 0) is 19.3 Å². The molecular weight excluding hydrogens is 332 g/mol. The predicted molar refractivity (Wildman–Crippen MR) is 108 cm³/mol. The van der Waals surface area contributed by atoms with Crippen LogP contribution in [0.2, 0.25) is 0 Å². The number of rotatable bonds is 7. The number of benzene rings is 2. The van der Waals surface area contributed by atoms with Crippen LogP contribution in [-0.4, -0.2) is 26.2 Å². The summed E-state index contributed by atoms with van der Waals surface area (Å²) >= 11 is 0. The molecule has 2 rings (SSSR count). The first-order chi connectivity index (χ1) is 11.6. The van der Waals surface area contributed by atoms with Crippen molar-refractivity contribution in [1.29, 1.82) is 5.26 Å². The third-order valence-corrected chi connectivity index (χ3v) is 4.19. The Labute approximate surface area is 181 Å². The minimum absolute atomic E-state index is 0. The van der Waals surface area contributed by atoms with Crippen LogP contribution in [0.5, 0.6) is 5.75 Å². The number of nitrogens with zero attached hydrogens (tertiary/aromatic N) is 1. The monoisotopic (exact) mass is 361 g/mol. The summed E-state index contributed by atoms with van der Waals surface area (Å²) in [4.78, 5) is 0. The Kier molecular flexibility index (Phi) is 11.6. The molecule has 0 aromatic heterocycles. The third kappa shape index (κ3) is 6.18. The molecule has 1 unspecified atom stereocenters. The summed E-state index contributed by atoms with van der Waals surface area (Å²) in [7, 11) is 0. The van der Waals surface area contributed by atoms with E-state index in [0.29, 0.717) is 12.0 Å². The van der Waals surface area contributed by atoms with Gasteiger partial charge in [-0.25, -0.2) is 0 Å². The molecule has 1 atom stereocenters. The van der Waals surface area contributed by atoms with E-state index in [1.807, 2.05) is 31.2 Å². The molecule has 0 aliphatic carbocycles. The third-order valence-electron chi connectivity index (χ3n) is 4.19. The molecule has 0 saturated heterocycles. The van der Waals surface area contributed by atoms with E-state index in [0.717, 1.165) is 35.3 Å². The molecule has 2 aromatic rings. The summed E-state index contributed by atoms with van der Waals surface area (Å²) in [5.74, 6) is 0.851. The molecule has 0 heterocycles. The molecule has 0 aliphatic rings. The number of aryl methyl sites for hydroxylation is 2. The Morgan fingerprint density at radius 3 is 2.31 bits per heavy atom. The van der Waals surface area contributed by atoms with Crippen molar-refractivity contribution in [3.8, 4) is 11.8 Å². The zero-order chi connectivity index (χ0) is 17.5. The number of hydrogen-bond donors (Lipinski definition) is 1. The molecule has 134 valence electrons. The quantitative estimate of drug-likeness (QED) is 0.682. The summed E-state index contributed by atoms with van der Waals surface area (Å²) in [6, 6.07) is 14.3. The van der Waals surface area contributed by atoms with Gasteiger partial charge in [-0.2, -0.15) is 5.26 Å². The molecule has 0 bridgehead atoms. The fourth-order valence-electron chi connectivity index (χ4n) is 2.80. The summed E-state index contributed by atoms with van der Waals surface area (Å²) in [6.07, 6.45) is 2.22. The van der Waals surface area contributed by atoms with Gasteiger partial charge in [0.2, 0.25) is 0 Å². The predicted octanol–water partition coefficient (Wildman–Crippen LogP) is -0.414. The van der Waals surface area contributed by atoms with Crippen LogP contribution in [0.15, 0.2) is 36.4 Å². The standard InChI is InChI=1S/C21H25NO2.BH4.Na/c1-4-16-10-17(5-2)21(24-15(3)14-23)20(11-16)12-18-8-6-7-9-19(18)13-22;;/h6-11,15,23H,4-5,12,14H2,1-3H3;1H4;/q;-1;+1. The van der Waals surface area contributed by atoms with Crippen molar-refractivity contribution in [1.82, 2.24) is 0 Å². The van der Waals surface area contributed by atoms with Crippen molar-refractivity contribution in [2.75, 3.05) is 6.61 Å². The van der Waals surface area contributed by atoms with Crippen molar-refractivity contribution >= 4 is 8.41 Å². The largest absolute Gasteiger partial charge is 1.00 e. The average Bonchev–Trinajstić information content (AvgIpc) is 2.62. The van der Waals surface area contributed by atoms with Gasteiger partial charge in [0.05, 0.1) is 18.2 Å². The van der Waals surface area contributed by atoms with Crippen LogP contribution < -0.4 is 34.3 Å². The van der Waals surface area contributed by atoms with Gasteiger partial charge in [0, 0.05) is 6.42 Å². The first-order valence-electron chi connectivity index (χ1n) is 8.53. The molecule has 3 nitrogen and oxygen atoms in total. The van der Waals surface area contributed by atoms with E-state index in [1.54, 1.807) is 0 Å². The number of ether oxygens (including phenoxy) is 1. The molecule has 0 fully saturated rings. The van der Waals surface area contributed by atoms with Gasteiger partial charge in [-0.3, -0.25) is 0 Å². The summed E-state index contributed by atoms with van der Waals surface area (Å²) in [6.45, 7) is 6.09. The minimum Gasteiger partial charge on any atom is -0.488 e. The Morgan fingerprint density at radius 1 is 1.08 bits per heavy atom. The molecule has 0 saturated carbocycles. The van der Waals surface area contributed by atoms with Crippen molar-refractivity contribution in [2.24, 2.45) is 0 Å². The van der Waals surface area contributed by atoms with Gasteiger partial charge in [0.15, 0.2) is 0 Å². The van der Waals surface area contributed by atoms with E-state index in [4.69, 9.17) is 4.74 Å². The number of aliphatic hydroxyl groups is 1. The second-order valence-corrected chi connectivity index (χ2v) is 6.01. The second-order valence-electron chi connectivity index (χ2n) is 6.01. The Bertz CT molecular complexity index is 743. The molecule has 2 aromatic carbocycles. The zero-order valence-electron chi connectivity index (χ0n) is 15.7. The van der Waals surface area contributed by atoms with E-state index in [-0.39, 0.29) is 50.7 Å². The van der Waals surface area contributed by atoms with Gasteiger partial charge in [0.25, 0.3) is 0 Å². The van der Waals surface area contributed by atoms with Gasteiger partial charge in [0.1, 0.15) is 11.9 Å². The molecule has 1 N–H and O–H groups in total. The maximum absolute atomic E-state index is 9.36. The molecule has 0 radical (unpaired) electrons. The van der Waals surface area contributed by atoms with Crippen LogP contribution in [0.4, 0.5) is 0 Å². The molecular formula is C21H29BNNaO2. The molecule has 5 heteroatoms. The van der Waals surface area contributed by atoms with Crippen molar-refractivity contribution in [3.05, 3.63) is 64.2 Å². The molecule has 0 amide bonds. The summed E-state index contributed by atoms with van der Waals surface area (Å²) in [5.41, 5.74) is 5.18. The van der Waals surface area contributed by atoms with E-state index >= 15 is 0 Å². The van der Waals surface area contributed by atoms with Crippen LogP contribution in [0.25, 0.3) is 0 Å². The Morgan fingerprint density at radius 2 is 1.73 bits per heavy atom. The van der Waals surface area contributed by atoms with E-state index < -0.39 is 0 Å². The fourth-order valence-corrected chi connectivity index (χ4v) is 2.80. The summed E-state index contributed by atoms with van der Waals surface area (Å²) < 4.78 is 6.03. The smallest absolute Gasteiger partial charge is 0.488 e. The molecule has 0 aliphatic heterocycles. The first kappa shape index (κ1) is 24.8. The summed E-state index contributed by atoms with van der Waals surface area (Å²) in [5, 5.41) is 18.7. The maximum atomic E-state index is 9.36. The second kappa shape index (κ2) is 12.2. The van der Waals surface area contributed by atoms with Gasteiger partial charge in [-0.05, 0) is 48.1 Å². The maximum Gasteiger partial charge on any atom is 1.00 e. The molecule has 26 heavy (non-hydrogen) atoms. The Hall–Kier alpha value is -1.25. The number of hydrogen-bond acceptors (Lipinski definition) is 3. The van der Waals surface area contributed by atoms with Gasteiger partial charge in [-0.15, -0.1) is 0 Å². The van der Waals surface area contributed by atoms with Crippen LogP contribution in [0.3, 0.4) is 0 Å². The fraction of sp³-hybridized carbons (Fsp3) is 0.381. The normalized spacial score (nSPS) is 10.9. The average molecular weight is 361 g/mol. The first-order valence-corrected chi connectivity index (χ1v) is 8.53. The van der Waals surface area contributed by atoms with Gasteiger partial charge >= 0.3 is 29.6 Å². The van der Waals surface area contributed by atoms with Crippen LogP contribution >= 0.6 is 0 Å². The topological polar surface area (TPSA) is 53.2 Å². The van der Waals surface area contributed by atoms with Crippen LogP contribution in [0.1, 0.15) is 48.6 Å². The van der Waals surface area contributed by atoms with Crippen molar-refractivity contribution in [2.45, 2.75) is 46.1 Å². The number of aliphatic hydroxyl groups excluding tert-OH is 1. The zero-order valence-corrected chi connectivity index (χ0v) is 17.7. The number of nitriles is 1. The van der Waals surface area contributed by atoms with E-state index in [1.165, 1.54) is 5.56 Å².